The first kappa shape index (κ1) is 23.1. The number of methoxy groups -OCH3 is 1. The Morgan fingerprint density at radius 2 is 1.91 bits per heavy atom. The number of rotatable bonds is 8. The van der Waals surface area contributed by atoms with E-state index in [1.807, 2.05) is 35.0 Å². The molecule has 4 rings (SSSR count). The molecule has 170 valence electrons. The van der Waals surface area contributed by atoms with Crippen molar-refractivity contribution < 1.29 is 19.1 Å². The number of nitrogens with one attached hydrogen (secondary N) is 1. The summed E-state index contributed by atoms with van der Waals surface area (Å²) in [5, 5.41) is 3.98. The van der Waals surface area contributed by atoms with Gasteiger partial charge in [0.2, 0.25) is 5.91 Å². The molecular formula is C24H22ClN3O4S. The first-order valence-corrected chi connectivity index (χ1v) is 11.5. The van der Waals surface area contributed by atoms with E-state index in [9.17, 15) is 14.4 Å². The lowest BCUT2D eigenvalue weighted by atomic mass is 10.1. The number of halogens is 1. The minimum absolute atomic E-state index is 0.135. The summed E-state index contributed by atoms with van der Waals surface area (Å²) in [6.07, 6.45) is 3.54. The van der Waals surface area contributed by atoms with E-state index in [1.165, 1.54) is 4.90 Å². The highest BCUT2D eigenvalue weighted by atomic mass is 35.5. The molecule has 3 amide bonds. The number of carbonyl (C=O) groups is 3. The molecule has 2 aromatic carbocycles. The van der Waals surface area contributed by atoms with E-state index in [1.54, 1.807) is 37.5 Å². The monoisotopic (exact) mass is 483 g/mol. The highest BCUT2D eigenvalue weighted by Gasteiger charge is 2.35. The summed E-state index contributed by atoms with van der Waals surface area (Å²) < 4.78 is 6.79. The van der Waals surface area contributed by atoms with Crippen LogP contribution in [0.15, 0.2) is 59.6 Å². The second-order valence-corrected chi connectivity index (χ2v) is 8.90. The molecule has 33 heavy (non-hydrogen) atoms. The quantitative estimate of drug-likeness (QED) is 0.382. The normalized spacial score (nSPS) is 15.1. The minimum atomic E-state index is -0.339. The molecule has 0 saturated carbocycles. The number of imide groups is 1. The Bertz CT molecular complexity index is 1240. The van der Waals surface area contributed by atoms with Crippen LogP contribution in [-0.4, -0.2) is 46.8 Å². The molecule has 1 N–H and O–H groups in total. The molecule has 7 nitrogen and oxygen atoms in total. The van der Waals surface area contributed by atoms with Gasteiger partial charge in [0, 0.05) is 41.3 Å². The van der Waals surface area contributed by atoms with Gasteiger partial charge in [-0.1, -0.05) is 41.9 Å². The van der Waals surface area contributed by atoms with Gasteiger partial charge in [-0.25, -0.2) is 0 Å². The number of carbonyl (C=O) groups excluding carboxylic acids is 3. The molecule has 0 atom stereocenters. The molecule has 0 bridgehead atoms. The lowest BCUT2D eigenvalue weighted by Crippen LogP contribution is -2.30. The van der Waals surface area contributed by atoms with Crippen LogP contribution in [0, 0.1) is 0 Å². The molecule has 1 aliphatic rings. The lowest BCUT2D eigenvalue weighted by molar-refractivity contribution is -0.123. The van der Waals surface area contributed by atoms with Crippen LogP contribution in [0.5, 0.6) is 0 Å². The zero-order valence-corrected chi connectivity index (χ0v) is 19.5. The SMILES string of the molecule is COCCNC(=O)Cn1cc(/C=C2\SC(=O)N(Cc3ccc(Cl)cc3)C2=O)c2ccccc21. The number of nitrogens with zero attached hydrogens (tertiary/aromatic N) is 2. The predicted octanol–water partition coefficient (Wildman–Crippen LogP) is 4.29. The maximum absolute atomic E-state index is 13.0. The second kappa shape index (κ2) is 10.2. The summed E-state index contributed by atoms with van der Waals surface area (Å²) in [6, 6.07) is 14.7. The van der Waals surface area contributed by atoms with E-state index in [2.05, 4.69) is 5.32 Å². The van der Waals surface area contributed by atoms with Gasteiger partial charge >= 0.3 is 0 Å². The summed E-state index contributed by atoms with van der Waals surface area (Å²) in [5.41, 5.74) is 2.46. The van der Waals surface area contributed by atoms with E-state index >= 15 is 0 Å². The second-order valence-electron chi connectivity index (χ2n) is 7.47. The number of fused-ring (bicyclic) bond motifs is 1. The van der Waals surface area contributed by atoms with E-state index < -0.39 is 0 Å². The molecule has 3 aromatic rings. The first-order chi connectivity index (χ1) is 16.0. The van der Waals surface area contributed by atoms with E-state index in [-0.39, 0.29) is 30.1 Å². The van der Waals surface area contributed by atoms with Crippen molar-refractivity contribution in [3.05, 3.63) is 75.8 Å². The standard InChI is InChI=1S/C24H22ClN3O4S/c1-32-11-10-26-22(29)15-27-14-17(19-4-2-3-5-20(19)27)12-21-23(30)28(24(31)33-21)13-16-6-8-18(25)9-7-16/h2-9,12,14H,10-11,13,15H2,1H3,(H,26,29)/b21-12-. The number of hydrogen-bond acceptors (Lipinski definition) is 5. The average molecular weight is 484 g/mol. The molecular weight excluding hydrogens is 462 g/mol. The Morgan fingerprint density at radius 3 is 2.67 bits per heavy atom. The van der Waals surface area contributed by atoms with Crippen LogP contribution in [0.1, 0.15) is 11.1 Å². The summed E-state index contributed by atoms with van der Waals surface area (Å²) in [6.45, 7) is 1.19. The largest absolute Gasteiger partial charge is 0.383 e. The van der Waals surface area contributed by atoms with Crippen LogP contribution in [0.2, 0.25) is 5.02 Å². The van der Waals surface area contributed by atoms with Gasteiger partial charge in [0.15, 0.2) is 0 Å². The number of amides is 3. The number of hydrogen-bond donors (Lipinski definition) is 1. The van der Waals surface area contributed by atoms with E-state index in [0.717, 1.165) is 33.8 Å². The maximum atomic E-state index is 13.0. The van der Waals surface area contributed by atoms with Crippen molar-refractivity contribution in [3.63, 3.8) is 0 Å². The average Bonchev–Trinajstić information content (AvgIpc) is 3.27. The highest BCUT2D eigenvalue weighted by Crippen LogP contribution is 2.35. The fourth-order valence-electron chi connectivity index (χ4n) is 3.57. The number of aromatic nitrogens is 1. The highest BCUT2D eigenvalue weighted by molar-refractivity contribution is 8.18. The smallest absolute Gasteiger partial charge is 0.293 e. The van der Waals surface area contributed by atoms with Crippen LogP contribution >= 0.6 is 23.4 Å². The Morgan fingerprint density at radius 1 is 1.15 bits per heavy atom. The molecule has 0 spiro atoms. The molecule has 0 radical (unpaired) electrons. The zero-order chi connectivity index (χ0) is 23.4. The van der Waals surface area contributed by atoms with Gasteiger partial charge in [-0.3, -0.25) is 19.3 Å². The summed E-state index contributed by atoms with van der Waals surface area (Å²) >= 11 is 6.83. The van der Waals surface area contributed by atoms with Crippen molar-refractivity contribution in [1.29, 1.82) is 0 Å². The van der Waals surface area contributed by atoms with Gasteiger partial charge in [-0.15, -0.1) is 0 Å². The Hall–Kier alpha value is -3.07. The minimum Gasteiger partial charge on any atom is -0.383 e. The third-order valence-corrected chi connectivity index (χ3v) is 6.34. The predicted molar refractivity (Wildman–Crippen MR) is 130 cm³/mol. The number of thioether (sulfide) groups is 1. The first-order valence-electron chi connectivity index (χ1n) is 10.3. The molecule has 1 saturated heterocycles. The van der Waals surface area contributed by atoms with Crippen LogP contribution < -0.4 is 5.32 Å². The fraction of sp³-hybridized carbons (Fsp3) is 0.208. The number of para-hydroxylation sites is 1. The third kappa shape index (κ3) is 5.30. The lowest BCUT2D eigenvalue weighted by Gasteiger charge is -2.12. The van der Waals surface area contributed by atoms with Crippen molar-refractivity contribution >= 4 is 57.4 Å². The van der Waals surface area contributed by atoms with Crippen molar-refractivity contribution in [1.82, 2.24) is 14.8 Å². The fourth-order valence-corrected chi connectivity index (χ4v) is 4.53. The van der Waals surface area contributed by atoms with Gasteiger partial charge in [0.25, 0.3) is 11.1 Å². The summed E-state index contributed by atoms with van der Waals surface area (Å²) in [5.74, 6) is -0.475. The molecule has 1 fully saturated rings. The van der Waals surface area contributed by atoms with Gasteiger partial charge in [0.05, 0.1) is 18.1 Å². The van der Waals surface area contributed by atoms with E-state index in [4.69, 9.17) is 16.3 Å². The van der Waals surface area contributed by atoms with Crippen molar-refractivity contribution in [3.8, 4) is 0 Å². The molecule has 0 aliphatic carbocycles. The Labute approximate surface area is 200 Å². The van der Waals surface area contributed by atoms with Gasteiger partial charge in [-0.2, -0.15) is 0 Å². The molecule has 1 aromatic heterocycles. The van der Waals surface area contributed by atoms with Gasteiger partial charge in [0.1, 0.15) is 6.54 Å². The molecule has 9 heteroatoms. The molecule has 0 unspecified atom stereocenters. The van der Waals surface area contributed by atoms with Crippen molar-refractivity contribution in [2.75, 3.05) is 20.3 Å². The molecule has 1 aliphatic heterocycles. The Kier molecular flexibility index (Phi) is 7.17. The van der Waals surface area contributed by atoms with Gasteiger partial charge < -0.3 is 14.6 Å². The third-order valence-electron chi connectivity index (χ3n) is 5.18. The van der Waals surface area contributed by atoms with E-state index in [0.29, 0.717) is 23.1 Å². The van der Waals surface area contributed by atoms with Crippen LogP contribution in [0.4, 0.5) is 4.79 Å². The topological polar surface area (TPSA) is 80.6 Å². The van der Waals surface area contributed by atoms with Gasteiger partial charge in [-0.05, 0) is 41.6 Å². The molecule has 2 heterocycles. The van der Waals surface area contributed by atoms with Crippen LogP contribution in [-0.2, 0) is 27.4 Å². The summed E-state index contributed by atoms with van der Waals surface area (Å²) in [7, 11) is 1.58. The van der Waals surface area contributed by atoms with Crippen LogP contribution in [0.25, 0.3) is 17.0 Å². The summed E-state index contributed by atoms with van der Waals surface area (Å²) in [4.78, 5) is 39.4. The van der Waals surface area contributed by atoms with Crippen LogP contribution in [0.3, 0.4) is 0 Å². The Balaban J connectivity index is 1.57. The van der Waals surface area contributed by atoms with Crippen molar-refractivity contribution in [2.24, 2.45) is 0 Å². The number of benzene rings is 2. The van der Waals surface area contributed by atoms with Crippen molar-refractivity contribution in [2.45, 2.75) is 13.1 Å². The number of ether oxygens (including phenoxy) is 1. The zero-order valence-electron chi connectivity index (χ0n) is 17.9. The maximum Gasteiger partial charge on any atom is 0.293 e.